The maximum Gasteiger partial charge on any atom is 0.123 e. The zero-order valence-corrected chi connectivity index (χ0v) is 10.8. The fourth-order valence-electron chi connectivity index (χ4n) is 2.88. The van der Waals surface area contributed by atoms with Gasteiger partial charge in [0.15, 0.2) is 0 Å². The molecule has 18 heavy (non-hydrogen) atoms. The molecule has 1 aromatic carbocycles. The van der Waals surface area contributed by atoms with Crippen LogP contribution < -0.4 is 4.90 Å². The maximum atomic E-state index is 12.9. The molecule has 0 spiro atoms. The Balaban J connectivity index is 1.51. The summed E-state index contributed by atoms with van der Waals surface area (Å²) in [4.78, 5) is 4.95. The zero-order valence-electron chi connectivity index (χ0n) is 10.8. The van der Waals surface area contributed by atoms with Gasteiger partial charge in [-0.25, -0.2) is 4.39 Å². The summed E-state index contributed by atoms with van der Waals surface area (Å²) in [7, 11) is 0. The van der Waals surface area contributed by atoms with Crippen LogP contribution in [0.1, 0.15) is 19.3 Å². The summed E-state index contributed by atoms with van der Waals surface area (Å²) in [6.45, 7) is 5.72. The lowest BCUT2D eigenvalue weighted by molar-refractivity contribution is 0.170. The largest absolute Gasteiger partial charge is 0.369 e. The van der Waals surface area contributed by atoms with Crippen LogP contribution in [0.25, 0.3) is 0 Å². The number of halogens is 1. The van der Waals surface area contributed by atoms with Crippen LogP contribution in [0.3, 0.4) is 0 Å². The molecule has 0 radical (unpaired) electrons. The van der Waals surface area contributed by atoms with Crippen LogP contribution in [0, 0.1) is 11.7 Å². The van der Waals surface area contributed by atoms with Gasteiger partial charge in [-0.1, -0.05) is 6.42 Å². The highest BCUT2D eigenvalue weighted by molar-refractivity contribution is 5.46. The topological polar surface area (TPSA) is 6.48 Å². The number of nitrogens with zero attached hydrogens (tertiary/aromatic N) is 2. The Morgan fingerprint density at radius 3 is 2.22 bits per heavy atom. The maximum absolute atomic E-state index is 12.9. The molecule has 1 saturated heterocycles. The van der Waals surface area contributed by atoms with Crippen molar-refractivity contribution in [2.24, 2.45) is 5.92 Å². The SMILES string of the molecule is Fc1ccc(N2CCN(CC3CCC3)CC2)cc1. The summed E-state index contributed by atoms with van der Waals surface area (Å²) in [6, 6.07) is 6.87. The normalized spacial score (nSPS) is 21.9. The van der Waals surface area contributed by atoms with Crippen molar-refractivity contribution in [3.63, 3.8) is 0 Å². The summed E-state index contributed by atoms with van der Waals surface area (Å²) in [6.07, 6.45) is 4.29. The van der Waals surface area contributed by atoms with Gasteiger partial charge in [0.25, 0.3) is 0 Å². The van der Waals surface area contributed by atoms with E-state index in [0.717, 1.165) is 37.8 Å². The second-order valence-electron chi connectivity index (χ2n) is 5.56. The number of anilines is 1. The molecule has 0 bridgehead atoms. The molecule has 3 heteroatoms. The first-order chi connectivity index (χ1) is 8.81. The van der Waals surface area contributed by atoms with Crippen LogP contribution in [0.4, 0.5) is 10.1 Å². The Hall–Kier alpha value is -1.09. The first kappa shape index (κ1) is 12.0. The van der Waals surface area contributed by atoms with Gasteiger partial charge in [-0.2, -0.15) is 0 Å². The van der Waals surface area contributed by atoms with Crippen LogP contribution >= 0.6 is 0 Å². The van der Waals surface area contributed by atoms with E-state index in [4.69, 9.17) is 0 Å². The van der Waals surface area contributed by atoms with Crippen molar-refractivity contribution >= 4 is 5.69 Å². The molecule has 1 saturated carbocycles. The fraction of sp³-hybridized carbons (Fsp3) is 0.600. The average Bonchev–Trinajstić information content (AvgIpc) is 2.36. The molecule has 0 unspecified atom stereocenters. The van der Waals surface area contributed by atoms with Crippen molar-refractivity contribution in [2.75, 3.05) is 37.6 Å². The Bertz CT molecular complexity index is 378. The van der Waals surface area contributed by atoms with E-state index < -0.39 is 0 Å². The molecule has 2 aliphatic rings. The number of hydrogen-bond donors (Lipinski definition) is 0. The lowest BCUT2D eigenvalue weighted by atomic mass is 9.85. The van der Waals surface area contributed by atoms with Gasteiger partial charge in [-0.3, -0.25) is 4.90 Å². The van der Waals surface area contributed by atoms with Crippen molar-refractivity contribution in [3.05, 3.63) is 30.1 Å². The summed E-state index contributed by atoms with van der Waals surface area (Å²) < 4.78 is 12.9. The smallest absolute Gasteiger partial charge is 0.123 e. The Kier molecular flexibility index (Phi) is 3.50. The third-order valence-corrected chi connectivity index (χ3v) is 4.31. The summed E-state index contributed by atoms with van der Waals surface area (Å²) >= 11 is 0. The van der Waals surface area contributed by atoms with Gasteiger partial charge in [-0.05, 0) is 43.0 Å². The first-order valence-corrected chi connectivity index (χ1v) is 7.04. The van der Waals surface area contributed by atoms with Crippen molar-refractivity contribution in [2.45, 2.75) is 19.3 Å². The molecule has 0 N–H and O–H groups in total. The minimum absolute atomic E-state index is 0.151. The van der Waals surface area contributed by atoms with E-state index >= 15 is 0 Å². The Morgan fingerprint density at radius 1 is 1.00 bits per heavy atom. The van der Waals surface area contributed by atoms with Crippen LogP contribution in [0.2, 0.25) is 0 Å². The highest BCUT2D eigenvalue weighted by atomic mass is 19.1. The van der Waals surface area contributed by atoms with Gasteiger partial charge in [0, 0.05) is 38.4 Å². The van der Waals surface area contributed by atoms with Gasteiger partial charge < -0.3 is 4.90 Å². The molecule has 2 nitrogen and oxygen atoms in total. The third-order valence-electron chi connectivity index (χ3n) is 4.31. The molecule has 1 heterocycles. The van der Waals surface area contributed by atoms with E-state index in [2.05, 4.69) is 9.80 Å². The molecule has 2 fully saturated rings. The number of benzene rings is 1. The molecule has 0 amide bonds. The number of hydrogen-bond acceptors (Lipinski definition) is 2. The zero-order chi connectivity index (χ0) is 12.4. The average molecular weight is 248 g/mol. The molecule has 98 valence electrons. The molecular formula is C15H21FN2. The molecule has 3 rings (SSSR count). The van der Waals surface area contributed by atoms with Gasteiger partial charge >= 0.3 is 0 Å². The van der Waals surface area contributed by atoms with Crippen molar-refractivity contribution in [1.82, 2.24) is 4.90 Å². The first-order valence-electron chi connectivity index (χ1n) is 7.04. The second kappa shape index (κ2) is 5.27. The lowest BCUT2D eigenvalue weighted by Crippen LogP contribution is -2.48. The summed E-state index contributed by atoms with van der Waals surface area (Å²) in [5, 5.41) is 0. The summed E-state index contributed by atoms with van der Waals surface area (Å²) in [5.41, 5.74) is 1.15. The predicted molar refractivity (Wildman–Crippen MR) is 72.4 cm³/mol. The van der Waals surface area contributed by atoms with Crippen LogP contribution in [0.5, 0.6) is 0 Å². The van der Waals surface area contributed by atoms with Gasteiger partial charge in [0.05, 0.1) is 0 Å². The highest BCUT2D eigenvalue weighted by Crippen LogP contribution is 2.27. The summed E-state index contributed by atoms with van der Waals surface area (Å²) in [5.74, 6) is 0.810. The molecule has 1 aromatic rings. The van der Waals surface area contributed by atoms with Gasteiger partial charge in [0.1, 0.15) is 5.82 Å². The quantitative estimate of drug-likeness (QED) is 0.811. The second-order valence-corrected chi connectivity index (χ2v) is 5.56. The Labute approximate surface area is 108 Å². The van der Waals surface area contributed by atoms with E-state index in [1.165, 1.54) is 25.8 Å². The van der Waals surface area contributed by atoms with Crippen molar-refractivity contribution in [1.29, 1.82) is 0 Å². The van der Waals surface area contributed by atoms with Gasteiger partial charge in [-0.15, -0.1) is 0 Å². The van der Waals surface area contributed by atoms with Gasteiger partial charge in [0.2, 0.25) is 0 Å². The fourth-order valence-corrected chi connectivity index (χ4v) is 2.88. The van der Waals surface area contributed by atoms with Crippen molar-refractivity contribution < 1.29 is 4.39 Å². The van der Waals surface area contributed by atoms with Crippen LogP contribution in [-0.2, 0) is 0 Å². The molecule has 0 atom stereocenters. The molecule has 0 aromatic heterocycles. The third kappa shape index (κ3) is 2.66. The van der Waals surface area contributed by atoms with Crippen LogP contribution in [-0.4, -0.2) is 37.6 Å². The number of rotatable bonds is 3. The molecule has 1 aliphatic heterocycles. The van der Waals surface area contributed by atoms with Crippen LogP contribution in [0.15, 0.2) is 24.3 Å². The minimum Gasteiger partial charge on any atom is -0.369 e. The standard InChI is InChI=1S/C15H21FN2/c16-14-4-6-15(7-5-14)18-10-8-17(9-11-18)12-13-2-1-3-13/h4-7,13H,1-3,8-12H2. The highest BCUT2D eigenvalue weighted by Gasteiger charge is 2.23. The number of piperazine rings is 1. The van der Waals surface area contributed by atoms with E-state index in [1.54, 1.807) is 12.1 Å². The van der Waals surface area contributed by atoms with E-state index in [0.29, 0.717) is 0 Å². The Morgan fingerprint density at radius 2 is 1.67 bits per heavy atom. The monoisotopic (exact) mass is 248 g/mol. The predicted octanol–water partition coefficient (Wildman–Crippen LogP) is 2.75. The minimum atomic E-state index is -0.151. The lowest BCUT2D eigenvalue weighted by Gasteiger charge is -2.39. The molecule has 1 aliphatic carbocycles. The molecular weight excluding hydrogens is 227 g/mol. The van der Waals surface area contributed by atoms with E-state index in [9.17, 15) is 4.39 Å². The van der Waals surface area contributed by atoms with E-state index in [1.807, 2.05) is 12.1 Å². The van der Waals surface area contributed by atoms with E-state index in [-0.39, 0.29) is 5.82 Å². The van der Waals surface area contributed by atoms with Crippen molar-refractivity contribution in [3.8, 4) is 0 Å².